The Morgan fingerprint density at radius 2 is 1.77 bits per heavy atom. The van der Waals surface area contributed by atoms with E-state index in [1.165, 1.54) is 6.07 Å². The smallest absolute Gasteiger partial charge is 0.257 e. The first-order chi connectivity index (χ1) is 14.5. The lowest BCUT2D eigenvalue weighted by Crippen LogP contribution is -2.34. The quantitative estimate of drug-likeness (QED) is 0.377. The van der Waals surface area contributed by atoms with Crippen molar-refractivity contribution in [3.63, 3.8) is 0 Å². The van der Waals surface area contributed by atoms with Gasteiger partial charge in [-0.25, -0.2) is 4.98 Å². The highest BCUT2D eigenvalue weighted by atomic mass is 35.5. The molecule has 2 N–H and O–H groups in total. The summed E-state index contributed by atoms with van der Waals surface area (Å²) in [4.78, 5) is 16.8. The van der Waals surface area contributed by atoms with Crippen LogP contribution in [0.4, 0.5) is 5.69 Å². The van der Waals surface area contributed by atoms with Crippen molar-refractivity contribution in [2.45, 2.75) is 6.42 Å². The average Bonchev–Trinajstić information content (AvgIpc) is 3.13. The fourth-order valence-electron chi connectivity index (χ4n) is 2.85. The van der Waals surface area contributed by atoms with Gasteiger partial charge in [-0.1, -0.05) is 47.5 Å². The van der Waals surface area contributed by atoms with Crippen LogP contribution in [0.5, 0.6) is 0 Å². The summed E-state index contributed by atoms with van der Waals surface area (Å²) in [6.07, 6.45) is 0.577. The highest BCUT2D eigenvalue weighted by Crippen LogP contribution is 2.22. The molecule has 0 radical (unpaired) electrons. The lowest BCUT2D eigenvalue weighted by Gasteiger charge is -2.10. The number of para-hydroxylation sites is 2. The van der Waals surface area contributed by atoms with E-state index in [-0.39, 0.29) is 11.0 Å². The molecule has 0 fully saturated rings. The van der Waals surface area contributed by atoms with Crippen LogP contribution in [0.15, 0.2) is 71.1 Å². The Hall–Kier alpha value is -2.93. The van der Waals surface area contributed by atoms with Crippen LogP contribution in [-0.2, 0) is 6.42 Å². The maximum Gasteiger partial charge on any atom is 0.257 e. The fourth-order valence-corrected chi connectivity index (χ4v) is 3.36. The molecule has 0 atom stereocenters. The number of nitrogens with one attached hydrogen (secondary N) is 2. The highest BCUT2D eigenvalue weighted by molar-refractivity contribution is 7.80. The zero-order valence-corrected chi connectivity index (χ0v) is 17.8. The van der Waals surface area contributed by atoms with Crippen LogP contribution in [0.25, 0.3) is 11.1 Å². The molecule has 150 valence electrons. The molecule has 1 heterocycles. The van der Waals surface area contributed by atoms with E-state index in [0.29, 0.717) is 27.9 Å². The molecule has 1 aromatic heterocycles. The number of carbonyl (C=O) groups is 1. The van der Waals surface area contributed by atoms with Crippen molar-refractivity contribution in [2.75, 3.05) is 5.32 Å². The summed E-state index contributed by atoms with van der Waals surface area (Å²) < 4.78 is 5.76. The van der Waals surface area contributed by atoms with Crippen molar-refractivity contribution in [2.24, 2.45) is 0 Å². The molecule has 0 bridgehead atoms. The Morgan fingerprint density at radius 1 is 1.00 bits per heavy atom. The predicted molar refractivity (Wildman–Crippen MR) is 123 cm³/mol. The third kappa shape index (κ3) is 4.79. The van der Waals surface area contributed by atoms with Crippen molar-refractivity contribution in [3.8, 4) is 0 Å². The second kappa shape index (κ2) is 8.83. The van der Waals surface area contributed by atoms with Gasteiger partial charge >= 0.3 is 0 Å². The second-order valence-corrected chi connectivity index (χ2v) is 7.71. The first-order valence-corrected chi connectivity index (χ1v) is 10.1. The molecule has 0 aliphatic heterocycles. The Balaban J connectivity index is 1.36. The van der Waals surface area contributed by atoms with Crippen LogP contribution in [-0.4, -0.2) is 16.0 Å². The number of hydrogen-bond donors (Lipinski definition) is 2. The van der Waals surface area contributed by atoms with Gasteiger partial charge < -0.3 is 9.73 Å². The van der Waals surface area contributed by atoms with Crippen LogP contribution >= 0.6 is 35.4 Å². The normalized spacial score (nSPS) is 10.7. The van der Waals surface area contributed by atoms with Crippen LogP contribution in [0.1, 0.15) is 21.8 Å². The van der Waals surface area contributed by atoms with Gasteiger partial charge in [0.1, 0.15) is 5.52 Å². The number of benzene rings is 3. The molecular formula is C22H15Cl2N3O2S. The number of halogens is 2. The van der Waals surface area contributed by atoms with Gasteiger partial charge in [0, 0.05) is 17.7 Å². The molecule has 8 heteroatoms. The Morgan fingerprint density at radius 3 is 2.50 bits per heavy atom. The van der Waals surface area contributed by atoms with E-state index in [4.69, 9.17) is 39.8 Å². The van der Waals surface area contributed by atoms with Crippen LogP contribution in [0.2, 0.25) is 10.0 Å². The minimum absolute atomic E-state index is 0.178. The largest absolute Gasteiger partial charge is 0.440 e. The van der Waals surface area contributed by atoms with Gasteiger partial charge in [-0.15, -0.1) is 0 Å². The maximum atomic E-state index is 12.3. The summed E-state index contributed by atoms with van der Waals surface area (Å²) >= 11 is 17.0. The molecule has 5 nitrogen and oxygen atoms in total. The van der Waals surface area contributed by atoms with Crippen molar-refractivity contribution in [1.29, 1.82) is 0 Å². The van der Waals surface area contributed by atoms with Gasteiger partial charge in [0.2, 0.25) is 0 Å². The van der Waals surface area contributed by atoms with Crippen LogP contribution < -0.4 is 10.6 Å². The summed E-state index contributed by atoms with van der Waals surface area (Å²) in [5, 5.41) is 6.46. The number of fused-ring (bicyclic) bond motifs is 1. The molecule has 3 aromatic carbocycles. The standard InChI is InChI=1S/C22H15Cl2N3O2S/c23-16-10-7-14(12-17(16)24)21(28)27-22(30)25-15-8-5-13(6-9-15)11-20-26-18-3-1-2-4-19(18)29-20/h1-10,12H,11H2,(H2,25,27,28,30). The highest BCUT2D eigenvalue weighted by Gasteiger charge is 2.10. The van der Waals surface area contributed by atoms with Gasteiger partial charge in [-0.05, 0) is 60.2 Å². The number of nitrogens with zero attached hydrogens (tertiary/aromatic N) is 1. The minimum Gasteiger partial charge on any atom is -0.440 e. The molecule has 0 aliphatic carbocycles. The van der Waals surface area contributed by atoms with Crippen molar-refractivity contribution in [3.05, 3.63) is 93.8 Å². The van der Waals surface area contributed by atoms with Crippen molar-refractivity contribution >= 4 is 63.2 Å². The fraction of sp³-hybridized carbons (Fsp3) is 0.0455. The number of rotatable bonds is 4. The van der Waals surface area contributed by atoms with E-state index in [9.17, 15) is 4.79 Å². The first-order valence-electron chi connectivity index (χ1n) is 8.99. The van der Waals surface area contributed by atoms with Gasteiger partial charge in [-0.2, -0.15) is 0 Å². The number of oxazole rings is 1. The van der Waals surface area contributed by atoms with Crippen molar-refractivity contribution < 1.29 is 9.21 Å². The number of carbonyl (C=O) groups excluding carboxylic acids is 1. The zero-order valence-electron chi connectivity index (χ0n) is 15.5. The number of anilines is 1. The third-order valence-electron chi connectivity index (χ3n) is 4.31. The molecule has 0 aliphatic rings. The topological polar surface area (TPSA) is 67.2 Å². The Bertz CT molecular complexity index is 1210. The SMILES string of the molecule is O=C(NC(=S)Nc1ccc(Cc2nc3ccccc3o2)cc1)c1ccc(Cl)c(Cl)c1. The Kier molecular flexibility index (Phi) is 5.99. The molecular weight excluding hydrogens is 441 g/mol. The summed E-state index contributed by atoms with van der Waals surface area (Å²) in [5.41, 5.74) is 3.76. The van der Waals surface area contributed by atoms with Gasteiger partial charge in [-0.3, -0.25) is 10.1 Å². The molecule has 0 saturated heterocycles. The summed E-state index contributed by atoms with van der Waals surface area (Å²) in [6.45, 7) is 0. The third-order valence-corrected chi connectivity index (χ3v) is 5.26. The van der Waals surface area contributed by atoms with Gasteiger partial charge in [0.15, 0.2) is 16.6 Å². The number of aromatic nitrogens is 1. The molecule has 0 spiro atoms. The van der Waals surface area contributed by atoms with E-state index >= 15 is 0 Å². The molecule has 0 unspecified atom stereocenters. The predicted octanol–water partition coefficient (Wildman–Crippen LogP) is 5.85. The lowest BCUT2D eigenvalue weighted by molar-refractivity contribution is 0.0977. The van der Waals surface area contributed by atoms with Crippen LogP contribution in [0, 0.1) is 0 Å². The number of thiocarbonyl (C=S) groups is 1. The molecule has 0 saturated carbocycles. The van der Waals surface area contributed by atoms with E-state index in [2.05, 4.69) is 15.6 Å². The minimum atomic E-state index is -0.376. The monoisotopic (exact) mass is 455 g/mol. The second-order valence-electron chi connectivity index (χ2n) is 6.49. The summed E-state index contributed by atoms with van der Waals surface area (Å²) in [7, 11) is 0. The molecule has 1 amide bonds. The van der Waals surface area contributed by atoms with Crippen LogP contribution in [0.3, 0.4) is 0 Å². The van der Waals surface area contributed by atoms with E-state index in [1.807, 2.05) is 48.5 Å². The van der Waals surface area contributed by atoms with Gasteiger partial charge in [0.05, 0.1) is 10.0 Å². The number of hydrogen-bond acceptors (Lipinski definition) is 4. The average molecular weight is 456 g/mol. The van der Waals surface area contributed by atoms with Gasteiger partial charge in [0.25, 0.3) is 5.91 Å². The molecule has 4 aromatic rings. The first kappa shape index (κ1) is 20.3. The zero-order chi connectivity index (χ0) is 21.1. The van der Waals surface area contributed by atoms with E-state index in [0.717, 1.165) is 22.4 Å². The van der Waals surface area contributed by atoms with Crippen molar-refractivity contribution in [1.82, 2.24) is 10.3 Å². The lowest BCUT2D eigenvalue weighted by atomic mass is 10.1. The Labute approximate surface area is 188 Å². The van der Waals surface area contributed by atoms with E-state index in [1.54, 1.807) is 12.1 Å². The molecule has 30 heavy (non-hydrogen) atoms. The molecule has 4 rings (SSSR count). The summed E-state index contributed by atoms with van der Waals surface area (Å²) in [6, 6.07) is 19.9. The maximum absolute atomic E-state index is 12.3. The number of amides is 1. The van der Waals surface area contributed by atoms with E-state index < -0.39 is 0 Å². The summed E-state index contributed by atoms with van der Waals surface area (Å²) in [5.74, 6) is 0.278.